The van der Waals surface area contributed by atoms with E-state index in [4.69, 9.17) is 11.6 Å². The zero-order chi connectivity index (χ0) is 19.9. The Hall–Kier alpha value is -2.59. The van der Waals surface area contributed by atoms with E-state index in [0.717, 1.165) is 29.1 Å². The van der Waals surface area contributed by atoms with Gasteiger partial charge in [-0.3, -0.25) is 4.79 Å². The molecule has 28 heavy (non-hydrogen) atoms. The van der Waals surface area contributed by atoms with Gasteiger partial charge in [-0.15, -0.1) is 0 Å². The highest BCUT2D eigenvalue weighted by Gasteiger charge is 2.17. The van der Waals surface area contributed by atoms with Crippen LogP contribution in [0, 0.1) is 5.82 Å². The first-order valence-corrected chi connectivity index (χ1v) is 9.88. The molecule has 0 unspecified atom stereocenters. The summed E-state index contributed by atoms with van der Waals surface area (Å²) in [6, 6.07) is 17.5. The Balaban J connectivity index is 1.80. The van der Waals surface area contributed by atoms with Crippen LogP contribution in [0.2, 0.25) is 5.02 Å². The molecule has 0 aliphatic rings. The molecule has 1 amide bonds. The lowest BCUT2D eigenvalue weighted by Crippen LogP contribution is -2.32. The van der Waals surface area contributed by atoms with Crippen molar-refractivity contribution < 1.29 is 9.18 Å². The SMILES string of the molecule is CCCCN(Cc1cccn1Cc1ccccc1Cl)C(=O)c1ccc(F)cc1. The zero-order valence-corrected chi connectivity index (χ0v) is 16.7. The molecule has 0 aliphatic heterocycles. The van der Waals surface area contributed by atoms with Crippen molar-refractivity contribution >= 4 is 17.5 Å². The smallest absolute Gasteiger partial charge is 0.254 e. The van der Waals surface area contributed by atoms with Gasteiger partial charge in [0.15, 0.2) is 0 Å². The number of carbonyl (C=O) groups is 1. The lowest BCUT2D eigenvalue weighted by molar-refractivity contribution is 0.0737. The Kier molecular flexibility index (Phi) is 6.88. The van der Waals surface area contributed by atoms with Gasteiger partial charge in [0.1, 0.15) is 5.82 Å². The van der Waals surface area contributed by atoms with Crippen molar-refractivity contribution in [2.75, 3.05) is 6.54 Å². The van der Waals surface area contributed by atoms with Crippen LogP contribution in [0.5, 0.6) is 0 Å². The van der Waals surface area contributed by atoms with Crippen molar-refractivity contribution in [1.29, 1.82) is 0 Å². The molecule has 0 bridgehead atoms. The number of rotatable bonds is 8. The molecule has 0 N–H and O–H groups in total. The van der Waals surface area contributed by atoms with Crippen molar-refractivity contribution in [3.05, 3.63) is 94.5 Å². The minimum absolute atomic E-state index is 0.0843. The lowest BCUT2D eigenvalue weighted by atomic mass is 10.1. The fourth-order valence-electron chi connectivity index (χ4n) is 3.13. The maximum absolute atomic E-state index is 13.2. The van der Waals surface area contributed by atoms with E-state index in [9.17, 15) is 9.18 Å². The van der Waals surface area contributed by atoms with Crippen LogP contribution in [0.1, 0.15) is 41.4 Å². The topological polar surface area (TPSA) is 25.2 Å². The maximum Gasteiger partial charge on any atom is 0.254 e. The van der Waals surface area contributed by atoms with Crippen LogP contribution < -0.4 is 0 Å². The van der Waals surface area contributed by atoms with E-state index in [1.807, 2.05) is 47.5 Å². The molecule has 146 valence electrons. The third kappa shape index (κ3) is 5.02. The van der Waals surface area contributed by atoms with E-state index in [2.05, 4.69) is 11.5 Å². The van der Waals surface area contributed by atoms with Gasteiger partial charge in [0, 0.05) is 35.6 Å². The van der Waals surface area contributed by atoms with Crippen molar-refractivity contribution in [2.24, 2.45) is 0 Å². The summed E-state index contributed by atoms with van der Waals surface area (Å²) in [5.41, 5.74) is 2.57. The number of halogens is 2. The molecule has 1 heterocycles. The number of benzene rings is 2. The van der Waals surface area contributed by atoms with Gasteiger partial charge < -0.3 is 9.47 Å². The predicted octanol–water partition coefficient (Wildman–Crippen LogP) is 5.77. The molecular formula is C23H24ClFN2O. The van der Waals surface area contributed by atoms with Gasteiger partial charge in [-0.05, 0) is 54.4 Å². The second-order valence-corrected chi connectivity index (χ2v) is 7.21. The van der Waals surface area contributed by atoms with Crippen molar-refractivity contribution in [2.45, 2.75) is 32.9 Å². The summed E-state index contributed by atoms with van der Waals surface area (Å²) in [7, 11) is 0. The summed E-state index contributed by atoms with van der Waals surface area (Å²) in [5, 5.41) is 0.729. The number of nitrogens with zero attached hydrogens (tertiary/aromatic N) is 2. The molecule has 0 saturated heterocycles. The Morgan fingerprint density at radius 3 is 2.54 bits per heavy atom. The van der Waals surface area contributed by atoms with Crippen LogP contribution in [-0.2, 0) is 13.1 Å². The normalized spacial score (nSPS) is 10.8. The Morgan fingerprint density at radius 1 is 1.07 bits per heavy atom. The predicted molar refractivity (Wildman–Crippen MR) is 111 cm³/mol. The monoisotopic (exact) mass is 398 g/mol. The van der Waals surface area contributed by atoms with E-state index in [0.29, 0.717) is 25.2 Å². The first-order valence-electron chi connectivity index (χ1n) is 9.50. The number of hydrogen-bond donors (Lipinski definition) is 0. The number of aromatic nitrogens is 1. The minimum atomic E-state index is -0.342. The molecule has 0 fully saturated rings. The summed E-state index contributed by atoms with van der Waals surface area (Å²) in [5.74, 6) is -0.427. The Bertz CT molecular complexity index is 920. The summed E-state index contributed by atoms with van der Waals surface area (Å²) >= 11 is 6.30. The van der Waals surface area contributed by atoms with Gasteiger partial charge in [-0.1, -0.05) is 43.1 Å². The third-order valence-corrected chi connectivity index (χ3v) is 5.10. The zero-order valence-electron chi connectivity index (χ0n) is 15.9. The number of hydrogen-bond acceptors (Lipinski definition) is 1. The quantitative estimate of drug-likeness (QED) is 0.472. The largest absolute Gasteiger partial charge is 0.345 e. The van der Waals surface area contributed by atoms with Crippen LogP contribution >= 0.6 is 11.6 Å². The van der Waals surface area contributed by atoms with E-state index in [1.54, 1.807) is 12.1 Å². The van der Waals surface area contributed by atoms with Gasteiger partial charge in [0.05, 0.1) is 6.54 Å². The van der Waals surface area contributed by atoms with Crippen LogP contribution in [0.3, 0.4) is 0 Å². The second kappa shape index (κ2) is 9.56. The third-order valence-electron chi connectivity index (χ3n) is 4.73. The molecule has 1 aromatic heterocycles. The summed E-state index contributed by atoms with van der Waals surface area (Å²) < 4.78 is 15.3. The molecule has 0 radical (unpaired) electrons. The highest BCUT2D eigenvalue weighted by molar-refractivity contribution is 6.31. The van der Waals surface area contributed by atoms with Crippen LogP contribution in [-0.4, -0.2) is 21.9 Å². The Morgan fingerprint density at radius 2 is 1.82 bits per heavy atom. The molecule has 0 spiro atoms. The first-order chi connectivity index (χ1) is 13.6. The molecule has 2 aromatic carbocycles. The summed E-state index contributed by atoms with van der Waals surface area (Å²) in [6.07, 6.45) is 3.91. The summed E-state index contributed by atoms with van der Waals surface area (Å²) in [6.45, 7) is 3.90. The average molecular weight is 399 g/mol. The van der Waals surface area contributed by atoms with E-state index >= 15 is 0 Å². The molecule has 3 rings (SSSR count). The van der Waals surface area contributed by atoms with Crippen molar-refractivity contribution in [3.63, 3.8) is 0 Å². The molecule has 3 aromatic rings. The van der Waals surface area contributed by atoms with E-state index < -0.39 is 0 Å². The van der Waals surface area contributed by atoms with Crippen molar-refractivity contribution in [1.82, 2.24) is 9.47 Å². The molecule has 0 aliphatic carbocycles. The van der Waals surface area contributed by atoms with Crippen LogP contribution in [0.25, 0.3) is 0 Å². The number of amides is 1. The number of carbonyl (C=O) groups excluding carboxylic acids is 1. The highest BCUT2D eigenvalue weighted by Crippen LogP contribution is 2.19. The lowest BCUT2D eigenvalue weighted by Gasteiger charge is -2.24. The van der Waals surface area contributed by atoms with Gasteiger partial charge in [-0.25, -0.2) is 4.39 Å². The Labute approximate surface area is 170 Å². The fourth-order valence-corrected chi connectivity index (χ4v) is 3.32. The first kappa shape index (κ1) is 20.2. The fraction of sp³-hybridized carbons (Fsp3) is 0.261. The molecule has 3 nitrogen and oxygen atoms in total. The van der Waals surface area contributed by atoms with Crippen LogP contribution in [0.15, 0.2) is 66.9 Å². The minimum Gasteiger partial charge on any atom is -0.345 e. The molecule has 0 saturated carbocycles. The van der Waals surface area contributed by atoms with E-state index in [1.165, 1.54) is 12.1 Å². The molecule has 5 heteroatoms. The second-order valence-electron chi connectivity index (χ2n) is 6.81. The summed E-state index contributed by atoms with van der Waals surface area (Å²) in [4.78, 5) is 14.8. The van der Waals surface area contributed by atoms with Gasteiger partial charge in [0.2, 0.25) is 0 Å². The van der Waals surface area contributed by atoms with Crippen molar-refractivity contribution in [3.8, 4) is 0 Å². The standard InChI is InChI=1S/C23H24ClFN2O/c1-2-3-14-27(23(28)18-10-12-20(25)13-11-18)17-21-8-6-15-26(21)16-19-7-4-5-9-22(19)24/h4-13,15H,2-3,14,16-17H2,1H3. The highest BCUT2D eigenvalue weighted by atomic mass is 35.5. The van der Waals surface area contributed by atoms with Crippen LogP contribution in [0.4, 0.5) is 4.39 Å². The molecule has 0 atom stereocenters. The van der Waals surface area contributed by atoms with Gasteiger partial charge in [0.25, 0.3) is 5.91 Å². The van der Waals surface area contributed by atoms with Gasteiger partial charge >= 0.3 is 0 Å². The average Bonchev–Trinajstić information content (AvgIpc) is 3.13. The van der Waals surface area contributed by atoms with E-state index in [-0.39, 0.29) is 11.7 Å². The number of unbranched alkanes of at least 4 members (excludes halogenated alkanes) is 1. The van der Waals surface area contributed by atoms with Gasteiger partial charge in [-0.2, -0.15) is 0 Å². The maximum atomic E-state index is 13.2. The molecular weight excluding hydrogens is 375 g/mol.